The van der Waals surface area contributed by atoms with Crippen LogP contribution in [0.25, 0.3) is 104 Å². The standard InChI is InChI=1S/C52H38OS/c1-5-9-18-33(7-3)48-36(8-4)38(17-6-2)51(44-24-15-14-23-43(44)48)46-26-16-25-45-37-28-27-34(31-47(37)54-52(45)46)49-39-19-10-12-21-41(39)50(35-29-30-53-32-35)42-22-13-11-20-40(42)49/h5-32H,1,4H2,2-3H3/b17-6-,18-9-,33-7+. The zero-order valence-corrected chi connectivity index (χ0v) is 31.2. The van der Waals surface area contributed by atoms with Crippen molar-refractivity contribution in [3.63, 3.8) is 0 Å². The number of thiophene rings is 1. The Morgan fingerprint density at radius 3 is 1.83 bits per heavy atom. The van der Waals surface area contributed by atoms with E-state index in [0.717, 1.165) is 16.7 Å². The van der Waals surface area contributed by atoms with Crippen LogP contribution < -0.4 is 0 Å². The molecule has 9 aromatic rings. The number of fused-ring (bicyclic) bond motifs is 6. The molecule has 0 aliphatic carbocycles. The van der Waals surface area contributed by atoms with Gasteiger partial charge in [0.15, 0.2) is 0 Å². The summed E-state index contributed by atoms with van der Waals surface area (Å²) in [6, 6.07) is 42.3. The van der Waals surface area contributed by atoms with Crippen LogP contribution in [0.4, 0.5) is 0 Å². The number of hydrogen-bond acceptors (Lipinski definition) is 2. The molecule has 0 unspecified atom stereocenters. The van der Waals surface area contributed by atoms with Crippen molar-refractivity contribution in [2.75, 3.05) is 0 Å². The maximum absolute atomic E-state index is 5.58. The molecule has 2 heterocycles. The number of rotatable bonds is 8. The first-order valence-corrected chi connectivity index (χ1v) is 19.2. The summed E-state index contributed by atoms with van der Waals surface area (Å²) in [7, 11) is 0. The summed E-state index contributed by atoms with van der Waals surface area (Å²) >= 11 is 1.88. The van der Waals surface area contributed by atoms with Gasteiger partial charge in [-0.05, 0) is 97.3 Å². The van der Waals surface area contributed by atoms with Crippen LogP contribution in [-0.2, 0) is 0 Å². The molecule has 9 rings (SSSR count). The molecule has 2 heteroatoms. The van der Waals surface area contributed by atoms with E-state index in [0.29, 0.717) is 0 Å². The van der Waals surface area contributed by atoms with E-state index >= 15 is 0 Å². The summed E-state index contributed by atoms with van der Waals surface area (Å²) < 4.78 is 8.13. The van der Waals surface area contributed by atoms with Crippen LogP contribution in [0.3, 0.4) is 0 Å². The number of furan rings is 1. The highest BCUT2D eigenvalue weighted by molar-refractivity contribution is 7.26. The lowest BCUT2D eigenvalue weighted by Crippen LogP contribution is -1.98. The second kappa shape index (κ2) is 13.8. The van der Waals surface area contributed by atoms with Gasteiger partial charge in [0, 0.05) is 36.9 Å². The summed E-state index contributed by atoms with van der Waals surface area (Å²) in [5, 5.41) is 9.87. The van der Waals surface area contributed by atoms with E-state index in [-0.39, 0.29) is 0 Å². The lowest BCUT2D eigenvalue weighted by molar-refractivity contribution is 0.568. The second-order valence-electron chi connectivity index (χ2n) is 13.5. The average molecular weight is 711 g/mol. The van der Waals surface area contributed by atoms with Crippen molar-refractivity contribution < 1.29 is 4.42 Å². The first-order valence-electron chi connectivity index (χ1n) is 18.4. The molecule has 0 amide bonds. The minimum atomic E-state index is 1.09. The molecule has 2 aromatic heterocycles. The SMILES string of the molecule is C=C/C=C\C(=C/C)c1c(C=C)c(/C=C\C)c(-c2cccc3c2sc2cc(-c4c5ccccc5c(-c5ccoc5)c5ccccc45)ccc23)c2ccccc12. The highest BCUT2D eigenvalue weighted by Gasteiger charge is 2.22. The van der Waals surface area contributed by atoms with Crippen molar-refractivity contribution in [2.24, 2.45) is 0 Å². The van der Waals surface area contributed by atoms with Crippen molar-refractivity contribution >= 4 is 81.6 Å². The van der Waals surface area contributed by atoms with Crippen LogP contribution in [0.5, 0.6) is 0 Å². The van der Waals surface area contributed by atoms with Gasteiger partial charge in [0.05, 0.1) is 12.5 Å². The van der Waals surface area contributed by atoms with Gasteiger partial charge in [-0.1, -0.05) is 159 Å². The number of allylic oxidation sites excluding steroid dienone is 6. The third kappa shape index (κ3) is 5.22. The van der Waals surface area contributed by atoms with Crippen molar-refractivity contribution in [3.05, 3.63) is 188 Å². The molecule has 0 bridgehead atoms. The van der Waals surface area contributed by atoms with Gasteiger partial charge in [-0.2, -0.15) is 0 Å². The molecule has 0 spiro atoms. The normalized spacial score (nSPS) is 12.4. The summed E-state index contributed by atoms with van der Waals surface area (Å²) in [5.41, 5.74) is 11.9. The monoisotopic (exact) mass is 710 g/mol. The lowest BCUT2D eigenvalue weighted by Gasteiger charge is -2.21. The van der Waals surface area contributed by atoms with E-state index in [1.807, 2.05) is 35.8 Å². The minimum Gasteiger partial charge on any atom is -0.472 e. The van der Waals surface area contributed by atoms with Gasteiger partial charge < -0.3 is 4.42 Å². The van der Waals surface area contributed by atoms with Gasteiger partial charge in [0.2, 0.25) is 0 Å². The Labute approximate surface area is 319 Å². The Morgan fingerprint density at radius 1 is 0.611 bits per heavy atom. The molecular weight excluding hydrogens is 673 g/mol. The molecular formula is C52H38OS. The van der Waals surface area contributed by atoms with Crippen LogP contribution in [0.1, 0.15) is 30.5 Å². The van der Waals surface area contributed by atoms with Gasteiger partial charge in [-0.15, -0.1) is 11.3 Å². The Morgan fingerprint density at radius 2 is 1.24 bits per heavy atom. The van der Waals surface area contributed by atoms with Gasteiger partial charge in [-0.3, -0.25) is 0 Å². The number of hydrogen-bond donors (Lipinski definition) is 0. The molecule has 0 fully saturated rings. The predicted octanol–water partition coefficient (Wildman–Crippen LogP) is 15.9. The van der Waals surface area contributed by atoms with E-state index in [1.165, 1.54) is 91.4 Å². The molecule has 258 valence electrons. The Balaban J connectivity index is 1.32. The topological polar surface area (TPSA) is 13.1 Å². The summed E-state index contributed by atoms with van der Waals surface area (Å²) in [6.45, 7) is 12.5. The van der Waals surface area contributed by atoms with Gasteiger partial charge in [0.1, 0.15) is 0 Å². The van der Waals surface area contributed by atoms with Crippen LogP contribution in [-0.4, -0.2) is 0 Å². The number of benzene rings is 7. The fourth-order valence-electron chi connectivity index (χ4n) is 8.44. The highest BCUT2D eigenvalue weighted by atomic mass is 32.1. The molecule has 54 heavy (non-hydrogen) atoms. The quantitative estimate of drug-likeness (QED) is 0.113. The van der Waals surface area contributed by atoms with E-state index in [9.17, 15) is 0 Å². The smallest absolute Gasteiger partial charge is 0.0981 e. The molecule has 0 atom stereocenters. The Bertz CT molecular complexity index is 2980. The molecule has 0 saturated heterocycles. The molecule has 0 aliphatic rings. The van der Waals surface area contributed by atoms with Crippen LogP contribution in [0, 0.1) is 0 Å². The van der Waals surface area contributed by atoms with E-state index in [2.05, 4.69) is 167 Å². The van der Waals surface area contributed by atoms with Crippen LogP contribution in [0.2, 0.25) is 0 Å². The molecule has 1 nitrogen and oxygen atoms in total. The first-order chi connectivity index (χ1) is 26.7. The van der Waals surface area contributed by atoms with E-state index in [4.69, 9.17) is 4.42 Å². The first kappa shape index (κ1) is 33.4. The minimum absolute atomic E-state index is 1.09. The largest absolute Gasteiger partial charge is 0.472 e. The zero-order chi connectivity index (χ0) is 36.8. The average Bonchev–Trinajstić information content (AvgIpc) is 3.88. The summed E-state index contributed by atoms with van der Waals surface area (Å²) in [5.74, 6) is 0. The third-order valence-corrected chi connectivity index (χ3v) is 11.8. The summed E-state index contributed by atoms with van der Waals surface area (Å²) in [4.78, 5) is 0. The van der Waals surface area contributed by atoms with E-state index in [1.54, 1.807) is 6.26 Å². The van der Waals surface area contributed by atoms with Crippen molar-refractivity contribution in [3.8, 4) is 33.4 Å². The van der Waals surface area contributed by atoms with Crippen LogP contribution in [0.15, 0.2) is 176 Å². The van der Waals surface area contributed by atoms with Crippen LogP contribution >= 0.6 is 11.3 Å². The van der Waals surface area contributed by atoms with Gasteiger partial charge in [-0.25, -0.2) is 0 Å². The van der Waals surface area contributed by atoms with E-state index < -0.39 is 0 Å². The van der Waals surface area contributed by atoms with Crippen molar-refractivity contribution in [1.29, 1.82) is 0 Å². The molecule has 0 radical (unpaired) electrons. The highest BCUT2D eigenvalue weighted by Crippen LogP contribution is 2.49. The molecule has 7 aromatic carbocycles. The zero-order valence-electron chi connectivity index (χ0n) is 30.4. The predicted molar refractivity (Wildman–Crippen MR) is 238 cm³/mol. The molecule has 0 saturated carbocycles. The Kier molecular flexibility index (Phi) is 8.54. The molecule has 0 N–H and O–H groups in total. The van der Waals surface area contributed by atoms with Gasteiger partial charge >= 0.3 is 0 Å². The van der Waals surface area contributed by atoms with Gasteiger partial charge in [0.25, 0.3) is 0 Å². The summed E-state index contributed by atoms with van der Waals surface area (Å²) in [6.07, 6.45) is 18.2. The fourth-order valence-corrected chi connectivity index (χ4v) is 9.70. The second-order valence-corrected chi connectivity index (χ2v) is 14.6. The lowest BCUT2D eigenvalue weighted by atomic mass is 9.82. The fraction of sp³-hybridized carbons (Fsp3) is 0.0385. The third-order valence-electron chi connectivity index (χ3n) is 10.6. The maximum Gasteiger partial charge on any atom is 0.0981 e. The van der Waals surface area contributed by atoms with Crippen molar-refractivity contribution in [2.45, 2.75) is 13.8 Å². The maximum atomic E-state index is 5.58. The Hall–Kier alpha value is -6.48. The molecule has 0 aliphatic heterocycles. The van der Waals surface area contributed by atoms with Crippen molar-refractivity contribution in [1.82, 2.24) is 0 Å².